The lowest BCUT2D eigenvalue weighted by molar-refractivity contribution is -0.282. The van der Waals surface area contributed by atoms with E-state index in [0.29, 0.717) is 6.10 Å². The van der Waals surface area contributed by atoms with Crippen molar-refractivity contribution >= 4 is 0 Å². The summed E-state index contributed by atoms with van der Waals surface area (Å²) in [5.41, 5.74) is 0.0110. The first-order valence-electron chi connectivity index (χ1n) is 6.31. The predicted octanol–water partition coefficient (Wildman–Crippen LogP) is 3.66. The lowest BCUT2D eigenvalue weighted by Crippen LogP contribution is -2.46. The van der Waals surface area contributed by atoms with E-state index in [1.165, 1.54) is 6.42 Å². The van der Waals surface area contributed by atoms with Gasteiger partial charge in [-0.2, -0.15) is 0 Å². The molecule has 2 aliphatic heterocycles. The van der Waals surface area contributed by atoms with Crippen LogP contribution in [0.2, 0.25) is 0 Å². The maximum absolute atomic E-state index is 6.23. The number of hydrogen-bond acceptors (Lipinski definition) is 2. The lowest BCUT2D eigenvalue weighted by Gasteiger charge is -2.43. The molecular formula is C14H24O2. The summed E-state index contributed by atoms with van der Waals surface area (Å²) in [7, 11) is 0. The highest BCUT2D eigenvalue weighted by Crippen LogP contribution is 2.43. The fourth-order valence-electron chi connectivity index (χ4n) is 2.54. The maximum Gasteiger partial charge on any atom is 0.189 e. The minimum atomic E-state index is -0.445. The van der Waals surface area contributed by atoms with Gasteiger partial charge in [-0.3, -0.25) is 0 Å². The van der Waals surface area contributed by atoms with Crippen molar-refractivity contribution < 1.29 is 9.47 Å². The second kappa shape index (κ2) is 3.58. The Bertz CT molecular complexity index is 298. The second-order valence-corrected chi connectivity index (χ2v) is 6.72. The number of ether oxygens (including phenoxy) is 2. The Labute approximate surface area is 99.0 Å². The van der Waals surface area contributed by atoms with E-state index < -0.39 is 5.79 Å². The van der Waals surface area contributed by atoms with Gasteiger partial charge in [0.05, 0.1) is 11.7 Å². The molecule has 0 aromatic rings. The summed E-state index contributed by atoms with van der Waals surface area (Å²) >= 11 is 0. The van der Waals surface area contributed by atoms with E-state index in [4.69, 9.17) is 9.47 Å². The van der Waals surface area contributed by atoms with Crippen molar-refractivity contribution in [3.05, 3.63) is 12.2 Å². The quantitative estimate of drug-likeness (QED) is 0.585. The van der Waals surface area contributed by atoms with Gasteiger partial charge >= 0.3 is 0 Å². The fraction of sp³-hybridized carbons (Fsp3) is 0.857. The highest BCUT2D eigenvalue weighted by atomic mass is 16.7. The van der Waals surface area contributed by atoms with Crippen molar-refractivity contribution in [2.45, 2.75) is 71.4 Å². The Morgan fingerprint density at radius 3 is 2.38 bits per heavy atom. The molecule has 0 N–H and O–H groups in total. The van der Waals surface area contributed by atoms with Gasteiger partial charge in [-0.15, -0.1) is 0 Å². The van der Waals surface area contributed by atoms with Crippen molar-refractivity contribution in [1.82, 2.24) is 0 Å². The zero-order valence-electron chi connectivity index (χ0n) is 11.2. The molecule has 1 saturated heterocycles. The Balaban J connectivity index is 2.12. The molecule has 92 valence electrons. The van der Waals surface area contributed by atoms with Crippen LogP contribution in [0.15, 0.2) is 12.2 Å². The molecule has 2 aliphatic rings. The summed E-state index contributed by atoms with van der Waals surface area (Å²) in [5, 5.41) is 0. The molecule has 16 heavy (non-hydrogen) atoms. The summed E-state index contributed by atoms with van der Waals surface area (Å²) in [6.07, 6.45) is 7.84. The van der Waals surface area contributed by atoms with Crippen LogP contribution in [0.5, 0.6) is 0 Å². The molecular weight excluding hydrogens is 200 g/mol. The molecule has 0 amide bonds. The first kappa shape index (κ1) is 12.1. The molecule has 0 aliphatic carbocycles. The molecule has 0 aromatic carbocycles. The van der Waals surface area contributed by atoms with Crippen molar-refractivity contribution in [2.24, 2.45) is 5.41 Å². The highest BCUT2D eigenvalue weighted by molar-refractivity contribution is 5.13. The summed E-state index contributed by atoms with van der Waals surface area (Å²) in [6.45, 7) is 10.9. The maximum atomic E-state index is 6.23. The molecule has 1 fully saturated rings. The molecule has 0 bridgehead atoms. The van der Waals surface area contributed by atoms with Crippen LogP contribution in [0.25, 0.3) is 0 Å². The fourth-order valence-corrected chi connectivity index (χ4v) is 2.54. The summed E-state index contributed by atoms with van der Waals surface area (Å²) < 4.78 is 12.3. The van der Waals surface area contributed by atoms with Crippen LogP contribution in [-0.2, 0) is 9.47 Å². The summed E-state index contributed by atoms with van der Waals surface area (Å²) in [5.74, 6) is -0.445. The van der Waals surface area contributed by atoms with Crippen LogP contribution in [0.4, 0.5) is 0 Å². The van der Waals surface area contributed by atoms with Crippen molar-refractivity contribution in [3.63, 3.8) is 0 Å². The Hall–Kier alpha value is -0.340. The topological polar surface area (TPSA) is 18.5 Å². The molecule has 2 heteroatoms. The van der Waals surface area contributed by atoms with Gasteiger partial charge in [-0.05, 0) is 38.2 Å². The standard InChI is InChI=1S/C14H24O2/c1-12(2,3)11-7-6-8-14(15-11)10-9-13(4,5)16-14/h9-11H,6-8H2,1-5H3/t11-,14-/m1/s1. The molecule has 0 aromatic heterocycles. The van der Waals surface area contributed by atoms with Crippen molar-refractivity contribution in [1.29, 1.82) is 0 Å². The summed E-state index contributed by atoms with van der Waals surface area (Å²) in [4.78, 5) is 0. The summed E-state index contributed by atoms with van der Waals surface area (Å²) in [6, 6.07) is 0. The van der Waals surface area contributed by atoms with Crippen LogP contribution in [0.1, 0.15) is 53.9 Å². The minimum Gasteiger partial charge on any atom is -0.343 e. The Kier molecular flexibility index (Phi) is 2.71. The monoisotopic (exact) mass is 224 g/mol. The van der Waals surface area contributed by atoms with E-state index in [0.717, 1.165) is 12.8 Å². The molecule has 1 spiro atoms. The largest absolute Gasteiger partial charge is 0.343 e. The van der Waals surface area contributed by atoms with Gasteiger partial charge in [-0.1, -0.05) is 26.8 Å². The third-order valence-corrected chi connectivity index (χ3v) is 3.47. The molecule has 0 saturated carbocycles. The average molecular weight is 224 g/mol. The van der Waals surface area contributed by atoms with E-state index >= 15 is 0 Å². The van der Waals surface area contributed by atoms with E-state index in [1.807, 2.05) is 0 Å². The SMILES string of the molecule is CC1(C)C=C[C@@]2(CCC[C@H](C(C)(C)C)O2)O1. The zero-order chi connectivity index (χ0) is 12.0. The van der Waals surface area contributed by atoms with E-state index in [1.54, 1.807) is 0 Å². The number of hydrogen-bond donors (Lipinski definition) is 0. The zero-order valence-corrected chi connectivity index (χ0v) is 11.2. The molecule has 2 heterocycles. The van der Waals surface area contributed by atoms with Crippen LogP contribution >= 0.6 is 0 Å². The van der Waals surface area contributed by atoms with Crippen LogP contribution in [0.3, 0.4) is 0 Å². The Morgan fingerprint density at radius 2 is 1.88 bits per heavy atom. The van der Waals surface area contributed by atoms with E-state index in [-0.39, 0.29) is 11.0 Å². The van der Waals surface area contributed by atoms with Gasteiger partial charge in [0.25, 0.3) is 0 Å². The lowest BCUT2D eigenvalue weighted by atomic mass is 9.83. The third kappa shape index (κ3) is 2.33. The molecule has 2 atom stereocenters. The molecule has 2 nitrogen and oxygen atoms in total. The van der Waals surface area contributed by atoms with Crippen LogP contribution in [-0.4, -0.2) is 17.5 Å². The average Bonchev–Trinajstić information content (AvgIpc) is 2.40. The molecule has 0 unspecified atom stereocenters. The van der Waals surface area contributed by atoms with Crippen LogP contribution < -0.4 is 0 Å². The Morgan fingerprint density at radius 1 is 1.19 bits per heavy atom. The molecule has 2 rings (SSSR count). The first-order valence-corrected chi connectivity index (χ1v) is 6.31. The van der Waals surface area contributed by atoms with Crippen LogP contribution in [0, 0.1) is 5.41 Å². The first-order chi connectivity index (χ1) is 7.23. The van der Waals surface area contributed by atoms with Gasteiger partial charge < -0.3 is 9.47 Å². The minimum absolute atomic E-state index is 0.181. The van der Waals surface area contributed by atoms with E-state index in [9.17, 15) is 0 Å². The third-order valence-electron chi connectivity index (χ3n) is 3.47. The van der Waals surface area contributed by atoms with Gasteiger partial charge in [0.1, 0.15) is 0 Å². The van der Waals surface area contributed by atoms with Gasteiger partial charge in [0.2, 0.25) is 0 Å². The van der Waals surface area contributed by atoms with Gasteiger partial charge in [0.15, 0.2) is 5.79 Å². The van der Waals surface area contributed by atoms with Gasteiger partial charge in [0, 0.05) is 6.42 Å². The number of rotatable bonds is 0. The second-order valence-electron chi connectivity index (χ2n) is 6.72. The normalized spacial score (nSPS) is 38.2. The van der Waals surface area contributed by atoms with Crippen molar-refractivity contribution in [2.75, 3.05) is 0 Å². The van der Waals surface area contributed by atoms with E-state index in [2.05, 4.69) is 46.8 Å². The predicted molar refractivity (Wildman–Crippen MR) is 65.2 cm³/mol. The highest BCUT2D eigenvalue weighted by Gasteiger charge is 2.46. The molecule has 0 radical (unpaired) electrons. The van der Waals surface area contributed by atoms with Crippen molar-refractivity contribution in [3.8, 4) is 0 Å². The van der Waals surface area contributed by atoms with Gasteiger partial charge in [-0.25, -0.2) is 0 Å². The smallest absolute Gasteiger partial charge is 0.189 e.